The lowest BCUT2D eigenvalue weighted by atomic mass is 9.83. The Balaban J connectivity index is 4.50. The molecule has 20 heavy (non-hydrogen) atoms. The van der Waals surface area contributed by atoms with Crippen molar-refractivity contribution in [1.82, 2.24) is 0 Å². The van der Waals surface area contributed by atoms with E-state index in [-0.39, 0.29) is 0 Å². The van der Waals surface area contributed by atoms with Gasteiger partial charge in [-0.1, -0.05) is 64.2 Å². The standard InChI is InChI=1S/C20H34/c1-9-15(3)12-11-13-17(5)19(7)20(8)18(6)14-16(4)10-2/h12,14,17,19H,4,8-11,13H2,1-3,5-7H3. The monoisotopic (exact) mass is 274 g/mol. The minimum absolute atomic E-state index is 0.534. The minimum atomic E-state index is 0.534. The van der Waals surface area contributed by atoms with Crippen molar-refractivity contribution in [1.29, 1.82) is 0 Å². The summed E-state index contributed by atoms with van der Waals surface area (Å²) in [6, 6.07) is 0. The van der Waals surface area contributed by atoms with E-state index in [1.807, 2.05) is 0 Å². The molecule has 0 fully saturated rings. The molecule has 0 N–H and O–H groups in total. The second-order valence-electron chi connectivity index (χ2n) is 6.11. The normalized spacial score (nSPS) is 15.9. The van der Waals surface area contributed by atoms with Crippen LogP contribution in [0.15, 0.2) is 47.6 Å². The highest BCUT2D eigenvalue weighted by atomic mass is 14.2. The third-order valence-electron chi connectivity index (χ3n) is 4.46. The molecule has 0 heterocycles. The molecule has 0 aromatic rings. The van der Waals surface area contributed by atoms with Gasteiger partial charge in [0.05, 0.1) is 0 Å². The molecule has 0 radical (unpaired) electrons. The van der Waals surface area contributed by atoms with Gasteiger partial charge >= 0.3 is 0 Å². The topological polar surface area (TPSA) is 0 Å². The SMILES string of the molecule is C=C(C=C(C)C(=C)C(C)C(C)CCC=C(C)CC)CC. The Hall–Kier alpha value is -1.04. The summed E-state index contributed by atoms with van der Waals surface area (Å²) in [5.41, 5.74) is 5.24. The van der Waals surface area contributed by atoms with Crippen LogP contribution in [-0.4, -0.2) is 0 Å². The van der Waals surface area contributed by atoms with Crippen LogP contribution in [0.5, 0.6) is 0 Å². The molecular weight excluding hydrogens is 240 g/mol. The second kappa shape index (κ2) is 9.80. The van der Waals surface area contributed by atoms with Gasteiger partial charge in [-0.15, -0.1) is 0 Å². The van der Waals surface area contributed by atoms with E-state index >= 15 is 0 Å². The summed E-state index contributed by atoms with van der Waals surface area (Å²) in [6.07, 6.45) is 9.16. The summed E-state index contributed by atoms with van der Waals surface area (Å²) < 4.78 is 0. The highest BCUT2D eigenvalue weighted by Crippen LogP contribution is 2.28. The zero-order valence-corrected chi connectivity index (χ0v) is 14.6. The van der Waals surface area contributed by atoms with Crippen molar-refractivity contribution in [3.8, 4) is 0 Å². The molecule has 0 rings (SSSR count). The van der Waals surface area contributed by atoms with Crippen molar-refractivity contribution in [2.24, 2.45) is 11.8 Å². The first kappa shape index (κ1) is 19.0. The summed E-state index contributed by atoms with van der Waals surface area (Å²) in [4.78, 5) is 0. The van der Waals surface area contributed by atoms with E-state index in [4.69, 9.17) is 0 Å². The molecule has 0 aromatic carbocycles. The summed E-state index contributed by atoms with van der Waals surface area (Å²) in [7, 11) is 0. The average molecular weight is 274 g/mol. The fourth-order valence-electron chi connectivity index (χ4n) is 2.19. The maximum absolute atomic E-state index is 4.30. The zero-order chi connectivity index (χ0) is 15.7. The van der Waals surface area contributed by atoms with Crippen LogP contribution < -0.4 is 0 Å². The zero-order valence-electron chi connectivity index (χ0n) is 14.6. The van der Waals surface area contributed by atoms with Gasteiger partial charge in [0.1, 0.15) is 0 Å². The van der Waals surface area contributed by atoms with Crippen LogP contribution in [0, 0.1) is 11.8 Å². The highest BCUT2D eigenvalue weighted by molar-refractivity contribution is 5.34. The van der Waals surface area contributed by atoms with Gasteiger partial charge in [-0.05, 0) is 62.5 Å². The first-order valence-corrected chi connectivity index (χ1v) is 8.04. The summed E-state index contributed by atoms with van der Waals surface area (Å²) in [6.45, 7) is 21.7. The first-order chi connectivity index (χ1) is 9.33. The molecule has 114 valence electrons. The van der Waals surface area contributed by atoms with Crippen LogP contribution in [0.2, 0.25) is 0 Å². The number of allylic oxidation sites excluding steroid dienone is 6. The van der Waals surface area contributed by atoms with Crippen LogP contribution in [0.1, 0.15) is 67.2 Å². The van der Waals surface area contributed by atoms with Gasteiger partial charge in [-0.2, -0.15) is 0 Å². The smallest absolute Gasteiger partial charge is 0.0168 e. The lowest BCUT2D eigenvalue weighted by Crippen LogP contribution is -2.11. The number of hydrogen-bond acceptors (Lipinski definition) is 0. The van der Waals surface area contributed by atoms with E-state index in [9.17, 15) is 0 Å². The van der Waals surface area contributed by atoms with Gasteiger partial charge in [-0.3, -0.25) is 0 Å². The van der Waals surface area contributed by atoms with E-state index in [1.165, 1.54) is 35.1 Å². The molecule has 0 saturated carbocycles. The summed E-state index contributed by atoms with van der Waals surface area (Å²) in [5.74, 6) is 1.20. The summed E-state index contributed by atoms with van der Waals surface area (Å²) >= 11 is 0. The number of rotatable bonds is 9. The fourth-order valence-corrected chi connectivity index (χ4v) is 2.19. The lowest BCUT2D eigenvalue weighted by Gasteiger charge is -2.22. The molecule has 0 saturated heterocycles. The maximum atomic E-state index is 4.30. The van der Waals surface area contributed by atoms with E-state index < -0.39 is 0 Å². The molecule has 0 amide bonds. The largest absolute Gasteiger partial charge is 0.0958 e. The van der Waals surface area contributed by atoms with Crippen LogP contribution in [0.4, 0.5) is 0 Å². The maximum Gasteiger partial charge on any atom is -0.0168 e. The van der Waals surface area contributed by atoms with E-state index in [0.717, 1.165) is 12.8 Å². The Morgan fingerprint density at radius 1 is 1.05 bits per heavy atom. The van der Waals surface area contributed by atoms with Crippen molar-refractivity contribution in [3.05, 3.63) is 47.6 Å². The van der Waals surface area contributed by atoms with E-state index in [2.05, 4.69) is 66.9 Å². The molecule has 0 aliphatic heterocycles. The van der Waals surface area contributed by atoms with Crippen molar-refractivity contribution < 1.29 is 0 Å². The highest BCUT2D eigenvalue weighted by Gasteiger charge is 2.15. The quantitative estimate of drug-likeness (QED) is 0.318. The molecule has 0 spiro atoms. The Morgan fingerprint density at radius 2 is 1.65 bits per heavy atom. The molecule has 0 bridgehead atoms. The number of hydrogen-bond donors (Lipinski definition) is 0. The molecule has 0 heteroatoms. The predicted octanol–water partition coefficient (Wildman–Crippen LogP) is 6.86. The van der Waals surface area contributed by atoms with Crippen molar-refractivity contribution in [2.45, 2.75) is 67.2 Å². The average Bonchev–Trinajstić information content (AvgIpc) is 2.44. The molecular formula is C20H34. The summed E-state index contributed by atoms with van der Waals surface area (Å²) in [5, 5.41) is 0. The van der Waals surface area contributed by atoms with Crippen LogP contribution in [0.25, 0.3) is 0 Å². The van der Waals surface area contributed by atoms with Gasteiger partial charge in [0.15, 0.2) is 0 Å². The lowest BCUT2D eigenvalue weighted by molar-refractivity contribution is 0.417. The molecule has 0 nitrogen and oxygen atoms in total. The molecule has 0 aliphatic carbocycles. The van der Waals surface area contributed by atoms with Crippen molar-refractivity contribution in [3.63, 3.8) is 0 Å². The molecule has 0 aliphatic rings. The van der Waals surface area contributed by atoms with Crippen molar-refractivity contribution >= 4 is 0 Å². The molecule has 2 atom stereocenters. The van der Waals surface area contributed by atoms with Crippen LogP contribution in [-0.2, 0) is 0 Å². The van der Waals surface area contributed by atoms with Gasteiger partial charge in [0.25, 0.3) is 0 Å². The Labute approximate surface area is 127 Å². The van der Waals surface area contributed by atoms with Crippen LogP contribution in [0.3, 0.4) is 0 Å². The Bertz CT molecular complexity index is 379. The van der Waals surface area contributed by atoms with E-state index in [0.29, 0.717) is 11.8 Å². The van der Waals surface area contributed by atoms with Gasteiger partial charge < -0.3 is 0 Å². The van der Waals surface area contributed by atoms with Crippen molar-refractivity contribution in [2.75, 3.05) is 0 Å². The predicted molar refractivity (Wildman–Crippen MR) is 93.9 cm³/mol. The third kappa shape index (κ3) is 6.93. The van der Waals surface area contributed by atoms with Gasteiger partial charge in [-0.25, -0.2) is 0 Å². The fraction of sp³-hybridized carbons (Fsp3) is 0.600. The third-order valence-corrected chi connectivity index (χ3v) is 4.46. The Morgan fingerprint density at radius 3 is 2.15 bits per heavy atom. The molecule has 2 unspecified atom stereocenters. The minimum Gasteiger partial charge on any atom is -0.0958 e. The van der Waals surface area contributed by atoms with Gasteiger partial charge in [0.2, 0.25) is 0 Å². The Kier molecular flexibility index (Phi) is 9.29. The first-order valence-electron chi connectivity index (χ1n) is 8.04. The second-order valence-corrected chi connectivity index (χ2v) is 6.11. The van der Waals surface area contributed by atoms with Crippen LogP contribution >= 0.6 is 0 Å². The van der Waals surface area contributed by atoms with Gasteiger partial charge in [0, 0.05) is 0 Å². The molecule has 0 aromatic heterocycles. The van der Waals surface area contributed by atoms with E-state index in [1.54, 1.807) is 0 Å².